The van der Waals surface area contributed by atoms with Crippen LogP contribution in [0.3, 0.4) is 0 Å². The van der Waals surface area contributed by atoms with Crippen molar-refractivity contribution in [3.8, 4) is 0 Å². The molecule has 1 atom stereocenters. The highest BCUT2D eigenvalue weighted by molar-refractivity contribution is 5.84. The first-order chi connectivity index (χ1) is 6.29. The van der Waals surface area contributed by atoms with E-state index in [4.69, 9.17) is 0 Å². The summed E-state index contributed by atoms with van der Waals surface area (Å²) in [4.78, 5) is 11.2. The Labute approximate surface area is 74.9 Å². The van der Waals surface area contributed by atoms with Crippen molar-refractivity contribution in [1.82, 2.24) is 16.1 Å². The fourth-order valence-electron chi connectivity index (χ4n) is 1.27. The van der Waals surface area contributed by atoms with Gasteiger partial charge in [0.1, 0.15) is 6.04 Å². The van der Waals surface area contributed by atoms with E-state index in [9.17, 15) is 10.0 Å². The van der Waals surface area contributed by atoms with Gasteiger partial charge in [-0.2, -0.15) is 5.53 Å². The molecular formula is C8H8N3O2-. The average molecular weight is 178 g/mol. The minimum Gasteiger partial charge on any atom is -0.769 e. The van der Waals surface area contributed by atoms with E-state index in [1.54, 1.807) is 24.3 Å². The SMILES string of the molecule is O=C1NNN([O-])C1c1ccccc1. The monoisotopic (exact) mass is 178 g/mol. The number of hydrazine groups is 2. The molecule has 1 aliphatic rings. The molecule has 1 aromatic carbocycles. The summed E-state index contributed by atoms with van der Waals surface area (Å²) in [5.74, 6) is -0.332. The summed E-state index contributed by atoms with van der Waals surface area (Å²) in [5, 5.41) is 11.6. The van der Waals surface area contributed by atoms with Gasteiger partial charge in [-0.1, -0.05) is 30.3 Å². The molecule has 0 aromatic heterocycles. The van der Waals surface area contributed by atoms with Crippen LogP contribution in [0.1, 0.15) is 11.6 Å². The molecule has 1 saturated heterocycles. The number of hydrogen-bond acceptors (Lipinski definition) is 4. The van der Waals surface area contributed by atoms with Crippen LogP contribution >= 0.6 is 0 Å². The van der Waals surface area contributed by atoms with Crippen molar-refractivity contribution in [1.29, 1.82) is 0 Å². The van der Waals surface area contributed by atoms with E-state index in [1.807, 2.05) is 6.07 Å². The minimum absolute atomic E-state index is 0.332. The molecule has 0 saturated carbocycles. The third-order valence-electron chi connectivity index (χ3n) is 1.89. The Hall–Kier alpha value is -1.43. The lowest BCUT2D eigenvalue weighted by molar-refractivity contribution is -0.121. The zero-order valence-corrected chi connectivity index (χ0v) is 6.73. The van der Waals surface area contributed by atoms with Gasteiger partial charge in [0.2, 0.25) is 0 Å². The van der Waals surface area contributed by atoms with Crippen LogP contribution in [0.25, 0.3) is 0 Å². The largest absolute Gasteiger partial charge is 0.769 e. The molecule has 2 N–H and O–H groups in total. The van der Waals surface area contributed by atoms with Crippen LogP contribution in [0.4, 0.5) is 0 Å². The molecule has 0 bridgehead atoms. The van der Waals surface area contributed by atoms with E-state index in [1.165, 1.54) is 0 Å². The maximum Gasteiger partial charge on any atom is 0.257 e. The summed E-state index contributed by atoms with van der Waals surface area (Å²) < 4.78 is 0. The number of hydrogen-bond donors (Lipinski definition) is 2. The van der Waals surface area contributed by atoms with Crippen molar-refractivity contribution in [2.45, 2.75) is 6.04 Å². The molecular weight excluding hydrogens is 170 g/mol. The van der Waals surface area contributed by atoms with Crippen molar-refractivity contribution in [3.05, 3.63) is 41.1 Å². The predicted molar refractivity (Wildman–Crippen MR) is 45.7 cm³/mol. The van der Waals surface area contributed by atoms with Crippen LogP contribution in [-0.4, -0.2) is 11.1 Å². The maximum absolute atomic E-state index is 11.2. The standard InChI is InChI=1S/C8H8N3O2/c12-8-7(11(13)10-9-8)6-4-2-1-3-5-6/h1-5,7,10H,(H,9,12)/q-1. The summed E-state index contributed by atoms with van der Waals surface area (Å²) in [6, 6.07) is 8.11. The normalized spacial score (nSPS) is 23.2. The van der Waals surface area contributed by atoms with Crippen molar-refractivity contribution in [3.63, 3.8) is 0 Å². The molecule has 0 spiro atoms. The van der Waals surface area contributed by atoms with Gasteiger partial charge >= 0.3 is 0 Å². The van der Waals surface area contributed by atoms with Gasteiger partial charge in [-0.25, -0.2) is 0 Å². The number of amides is 1. The Bertz CT molecular complexity index is 314. The van der Waals surface area contributed by atoms with Gasteiger partial charge in [0.05, 0.1) is 0 Å². The van der Waals surface area contributed by atoms with E-state index in [-0.39, 0.29) is 5.91 Å². The lowest BCUT2D eigenvalue weighted by Gasteiger charge is -2.25. The maximum atomic E-state index is 11.2. The molecule has 68 valence electrons. The van der Waals surface area contributed by atoms with Gasteiger partial charge in [0.15, 0.2) is 0 Å². The van der Waals surface area contributed by atoms with Crippen molar-refractivity contribution in [2.24, 2.45) is 0 Å². The molecule has 13 heavy (non-hydrogen) atoms. The molecule has 0 radical (unpaired) electrons. The molecule has 1 aliphatic heterocycles. The number of benzene rings is 1. The van der Waals surface area contributed by atoms with Gasteiger partial charge < -0.3 is 5.21 Å². The number of hydroxylamine groups is 1. The summed E-state index contributed by atoms with van der Waals surface area (Å²) in [6.07, 6.45) is 0. The first kappa shape index (κ1) is 8.18. The van der Waals surface area contributed by atoms with Crippen LogP contribution in [-0.2, 0) is 4.79 Å². The fourth-order valence-corrected chi connectivity index (χ4v) is 1.27. The third-order valence-corrected chi connectivity index (χ3v) is 1.89. The first-order valence-electron chi connectivity index (χ1n) is 3.86. The van der Waals surface area contributed by atoms with Gasteiger partial charge in [0, 0.05) is 0 Å². The van der Waals surface area contributed by atoms with E-state index in [0.29, 0.717) is 10.7 Å². The molecule has 1 aromatic rings. The van der Waals surface area contributed by atoms with E-state index < -0.39 is 6.04 Å². The zero-order valence-electron chi connectivity index (χ0n) is 6.73. The molecule has 1 fully saturated rings. The van der Waals surface area contributed by atoms with Crippen LogP contribution in [0.2, 0.25) is 0 Å². The lowest BCUT2D eigenvalue weighted by Crippen LogP contribution is -2.32. The third kappa shape index (κ3) is 1.40. The van der Waals surface area contributed by atoms with Crippen LogP contribution in [0, 0.1) is 5.21 Å². The minimum atomic E-state index is -0.777. The summed E-state index contributed by atoms with van der Waals surface area (Å²) >= 11 is 0. The Balaban J connectivity index is 2.30. The van der Waals surface area contributed by atoms with Crippen molar-refractivity contribution < 1.29 is 4.79 Å². The second-order valence-corrected chi connectivity index (χ2v) is 2.74. The lowest BCUT2D eigenvalue weighted by atomic mass is 10.1. The average Bonchev–Trinajstić information content (AvgIpc) is 2.48. The summed E-state index contributed by atoms with van der Waals surface area (Å²) in [7, 11) is 0. The van der Waals surface area contributed by atoms with E-state index in [0.717, 1.165) is 0 Å². The number of rotatable bonds is 1. The highest BCUT2D eigenvalue weighted by atomic mass is 16.6. The van der Waals surface area contributed by atoms with Crippen LogP contribution in [0.5, 0.6) is 0 Å². The molecule has 5 heteroatoms. The van der Waals surface area contributed by atoms with Crippen LogP contribution in [0.15, 0.2) is 30.3 Å². The highest BCUT2D eigenvalue weighted by Crippen LogP contribution is 2.20. The fraction of sp³-hybridized carbons (Fsp3) is 0.125. The molecule has 1 unspecified atom stereocenters. The Morgan fingerprint density at radius 1 is 1.31 bits per heavy atom. The molecule has 5 nitrogen and oxygen atoms in total. The first-order valence-corrected chi connectivity index (χ1v) is 3.86. The van der Waals surface area contributed by atoms with E-state index in [2.05, 4.69) is 11.0 Å². The number of nitrogens with one attached hydrogen (secondary N) is 2. The summed E-state index contributed by atoms with van der Waals surface area (Å²) in [5.41, 5.74) is 5.12. The zero-order chi connectivity index (χ0) is 9.26. The topological polar surface area (TPSA) is 67.4 Å². The molecule has 1 amide bonds. The predicted octanol–water partition coefficient (Wildman–Crippen LogP) is 0.0769. The second kappa shape index (κ2) is 3.14. The molecule has 0 aliphatic carbocycles. The molecule has 2 rings (SSSR count). The van der Waals surface area contributed by atoms with E-state index >= 15 is 0 Å². The number of nitrogens with zero attached hydrogens (tertiary/aromatic N) is 1. The number of carbonyl (C=O) groups is 1. The highest BCUT2D eigenvalue weighted by Gasteiger charge is 2.27. The van der Waals surface area contributed by atoms with Gasteiger partial charge in [-0.3, -0.25) is 15.4 Å². The smallest absolute Gasteiger partial charge is 0.257 e. The van der Waals surface area contributed by atoms with Crippen molar-refractivity contribution in [2.75, 3.05) is 0 Å². The van der Waals surface area contributed by atoms with Gasteiger partial charge in [0.25, 0.3) is 5.91 Å². The Morgan fingerprint density at radius 3 is 2.54 bits per heavy atom. The second-order valence-electron chi connectivity index (χ2n) is 2.74. The molecule has 1 heterocycles. The Morgan fingerprint density at radius 2 is 2.00 bits per heavy atom. The number of carbonyl (C=O) groups excluding carboxylic acids is 1. The van der Waals surface area contributed by atoms with Gasteiger partial charge in [-0.15, -0.1) is 0 Å². The van der Waals surface area contributed by atoms with Gasteiger partial charge in [-0.05, 0) is 5.56 Å². The van der Waals surface area contributed by atoms with Crippen molar-refractivity contribution >= 4 is 5.91 Å². The quantitative estimate of drug-likeness (QED) is 0.639. The Kier molecular flexibility index (Phi) is 1.97. The summed E-state index contributed by atoms with van der Waals surface area (Å²) in [6.45, 7) is 0. The van der Waals surface area contributed by atoms with Crippen LogP contribution < -0.4 is 11.0 Å².